The Balaban J connectivity index is 1.44. The van der Waals surface area contributed by atoms with E-state index in [-0.39, 0.29) is 0 Å². The fourth-order valence-corrected chi connectivity index (χ4v) is 9.33. The van der Waals surface area contributed by atoms with Crippen molar-refractivity contribution in [3.8, 4) is 0 Å². The van der Waals surface area contributed by atoms with Gasteiger partial charge in [-0.05, 0) is 79.1 Å². The first kappa shape index (κ1) is 25.0. The number of hydrogen-bond donors (Lipinski definition) is 0. The van der Waals surface area contributed by atoms with Crippen molar-refractivity contribution in [2.45, 2.75) is 42.4 Å². The average Bonchev–Trinajstić information content (AvgIpc) is 2.96. The molecule has 38 heavy (non-hydrogen) atoms. The number of rotatable bonds is 5. The van der Waals surface area contributed by atoms with E-state index in [1.807, 2.05) is 72.4 Å². The normalized spacial score (nSPS) is 13.2. The third kappa shape index (κ3) is 5.04. The van der Waals surface area contributed by atoms with Crippen LogP contribution in [0.15, 0.2) is 131 Å². The van der Waals surface area contributed by atoms with Gasteiger partial charge in [0.15, 0.2) is 7.14 Å². The molecule has 0 radical (unpaired) electrons. The zero-order valence-corrected chi connectivity index (χ0v) is 23.4. The largest absolute Gasteiger partial charge is 0.309 e. The van der Waals surface area contributed by atoms with Crippen molar-refractivity contribution >= 4 is 34.8 Å². The standard InChI is InChI=1S/C35H31OPS/c1-26-12-22-33(23-13-26)38-35-25-28-15-14-27-16-18-29(20-21-30(35)19-17-28)34(24-27)37(36,31-8-4-2-5-9-31)32-10-6-3-7-11-32/h2-13,16-19,22-25H,14-15,20-21H2,1H3. The molecule has 1 nitrogen and oxygen atoms in total. The Morgan fingerprint density at radius 1 is 0.579 bits per heavy atom. The van der Waals surface area contributed by atoms with Crippen LogP contribution in [0.5, 0.6) is 0 Å². The third-order valence-electron chi connectivity index (χ3n) is 7.47. The maximum Gasteiger partial charge on any atom is 0.171 e. The molecule has 0 amide bonds. The molecule has 0 heterocycles. The summed E-state index contributed by atoms with van der Waals surface area (Å²) in [5.74, 6) is 0. The van der Waals surface area contributed by atoms with Crippen LogP contribution in [0.3, 0.4) is 0 Å². The van der Waals surface area contributed by atoms with Gasteiger partial charge in [-0.1, -0.05) is 114 Å². The van der Waals surface area contributed by atoms with Crippen molar-refractivity contribution in [1.29, 1.82) is 0 Å². The molecule has 0 atom stereocenters. The molecule has 4 bridgehead atoms. The van der Waals surface area contributed by atoms with Crippen molar-refractivity contribution < 1.29 is 4.57 Å². The van der Waals surface area contributed by atoms with E-state index in [1.165, 1.54) is 37.6 Å². The van der Waals surface area contributed by atoms with E-state index in [4.69, 9.17) is 0 Å². The quantitative estimate of drug-likeness (QED) is 0.217. The van der Waals surface area contributed by atoms with Crippen LogP contribution in [0.25, 0.3) is 0 Å². The van der Waals surface area contributed by atoms with Crippen molar-refractivity contribution in [1.82, 2.24) is 0 Å². The van der Waals surface area contributed by atoms with E-state index in [0.717, 1.165) is 41.6 Å². The van der Waals surface area contributed by atoms with Crippen LogP contribution in [-0.2, 0) is 30.2 Å². The molecule has 0 saturated heterocycles. The highest BCUT2D eigenvalue weighted by atomic mass is 32.2. The van der Waals surface area contributed by atoms with Crippen LogP contribution in [0.1, 0.15) is 27.8 Å². The van der Waals surface area contributed by atoms with Gasteiger partial charge in [0.2, 0.25) is 0 Å². The fourth-order valence-electron chi connectivity index (χ4n) is 5.32. The summed E-state index contributed by atoms with van der Waals surface area (Å²) in [7, 11) is -3.04. The summed E-state index contributed by atoms with van der Waals surface area (Å²) in [6.07, 6.45) is 3.64. The van der Waals surface area contributed by atoms with Gasteiger partial charge in [0.1, 0.15) is 0 Å². The van der Waals surface area contributed by atoms with Crippen LogP contribution >= 0.6 is 18.9 Å². The summed E-state index contributed by atoms with van der Waals surface area (Å²) in [5.41, 5.74) is 6.41. The van der Waals surface area contributed by atoms with E-state index < -0.39 is 7.14 Å². The lowest BCUT2D eigenvalue weighted by Gasteiger charge is -2.24. The predicted octanol–water partition coefficient (Wildman–Crippen LogP) is 7.67. The molecule has 0 aliphatic heterocycles. The zero-order valence-electron chi connectivity index (χ0n) is 21.6. The minimum Gasteiger partial charge on any atom is -0.309 e. The van der Waals surface area contributed by atoms with Crippen LogP contribution in [0.2, 0.25) is 0 Å². The van der Waals surface area contributed by atoms with E-state index in [1.54, 1.807) is 0 Å². The molecule has 0 aromatic heterocycles. The molecule has 0 spiro atoms. The maximum absolute atomic E-state index is 15.3. The molecular weight excluding hydrogens is 499 g/mol. The molecule has 9 rings (SSSR count). The van der Waals surface area contributed by atoms with Gasteiger partial charge >= 0.3 is 0 Å². The second kappa shape index (κ2) is 10.8. The molecule has 3 heteroatoms. The lowest BCUT2D eigenvalue weighted by molar-refractivity contribution is 0.592. The summed E-state index contributed by atoms with van der Waals surface area (Å²) in [5, 5.41) is 2.79. The molecule has 0 fully saturated rings. The van der Waals surface area contributed by atoms with Gasteiger partial charge in [0.05, 0.1) is 0 Å². The van der Waals surface area contributed by atoms with Gasteiger partial charge in [-0.3, -0.25) is 0 Å². The SMILES string of the molecule is Cc1ccc(Sc2cc3ccc2CCc2ccc(cc2P(=O)(c2ccccc2)c2ccccc2)CC3)cc1. The molecule has 0 unspecified atom stereocenters. The molecule has 5 aromatic carbocycles. The zero-order chi connectivity index (χ0) is 26.0. The monoisotopic (exact) mass is 530 g/mol. The summed E-state index contributed by atoms with van der Waals surface area (Å²) < 4.78 is 15.3. The van der Waals surface area contributed by atoms with Crippen molar-refractivity contribution in [2.24, 2.45) is 0 Å². The first-order valence-electron chi connectivity index (χ1n) is 13.3. The Bertz CT molecular complexity index is 1560. The molecule has 4 aliphatic rings. The van der Waals surface area contributed by atoms with Crippen molar-refractivity contribution in [3.63, 3.8) is 0 Å². The summed E-state index contributed by atoms with van der Waals surface area (Å²) in [6.45, 7) is 2.13. The third-order valence-corrected chi connectivity index (χ3v) is 11.7. The first-order valence-corrected chi connectivity index (χ1v) is 15.8. The van der Waals surface area contributed by atoms with Gasteiger partial charge in [0, 0.05) is 25.7 Å². The highest BCUT2D eigenvalue weighted by molar-refractivity contribution is 7.99. The van der Waals surface area contributed by atoms with E-state index >= 15 is 4.57 Å². The second-order valence-corrected chi connectivity index (χ2v) is 13.9. The summed E-state index contributed by atoms with van der Waals surface area (Å²) >= 11 is 1.86. The van der Waals surface area contributed by atoms with Crippen LogP contribution in [-0.4, -0.2) is 0 Å². The lowest BCUT2D eigenvalue weighted by Crippen LogP contribution is -2.28. The van der Waals surface area contributed by atoms with Gasteiger partial charge < -0.3 is 4.57 Å². The maximum atomic E-state index is 15.3. The van der Waals surface area contributed by atoms with E-state index in [9.17, 15) is 0 Å². The van der Waals surface area contributed by atoms with Gasteiger partial charge in [-0.2, -0.15) is 0 Å². The summed E-state index contributed by atoms with van der Waals surface area (Å²) in [6, 6.07) is 42.6. The molecule has 5 aromatic rings. The molecule has 0 N–H and O–H groups in total. The number of benzene rings is 5. The molecule has 0 saturated carbocycles. The van der Waals surface area contributed by atoms with Crippen LogP contribution in [0.4, 0.5) is 0 Å². The van der Waals surface area contributed by atoms with Gasteiger partial charge in [-0.15, -0.1) is 0 Å². The van der Waals surface area contributed by atoms with Crippen molar-refractivity contribution in [2.75, 3.05) is 0 Å². The first-order chi connectivity index (χ1) is 18.6. The Morgan fingerprint density at radius 3 is 1.76 bits per heavy atom. The van der Waals surface area contributed by atoms with E-state index in [0.29, 0.717) is 0 Å². The van der Waals surface area contributed by atoms with Gasteiger partial charge in [-0.25, -0.2) is 0 Å². The predicted molar refractivity (Wildman–Crippen MR) is 162 cm³/mol. The highest BCUT2D eigenvalue weighted by Crippen LogP contribution is 2.44. The molecule has 188 valence electrons. The Kier molecular flexibility index (Phi) is 7.11. The minimum absolute atomic E-state index is 0.847. The fraction of sp³-hybridized carbons (Fsp3) is 0.143. The van der Waals surface area contributed by atoms with Crippen molar-refractivity contribution in [3.05, 3.63) is 149 Å². The Hall–Kier alpha value is -3.32. The second-order valence-electron chi connectivity index (χ2n) is 10.1. The smallest absolute Gasteiger partial charge is 0.171 e. The van der Waals surface area contributed by atoms with Crippen LogP contribution < -0.4 is 15.9 Å². The number of aryl methyl sites for hydroxylation is 5. The Morgan fingerprint density at radius 2 is 1.13 bits per heavy atom. The van der Waals surface area contributed by atoms with Gasteiger partial charge in [0.25, 0.3) is 0 Å². The Labute approximate surface area is 230 Å². The molecule has 4 aliphatic carbocycles. The topological polar surface area (TPSA) is 17.1 Å². The average molecular weight is 531 g/mol. The summed E-state index contributed by atoms with van der Waals surface area (Å²) in [4.78, 5) is 2.60. The molecular formula is C35H31OPS. The highest BCUT2D eigenvalue weighted by Gasteiger charge is 2.32. The lowest BCUT2D eigenvalue weighted by atomic mass is 9.96. The van der Waals surface area contributed by atoms with Crippen LogP contribution in [0, 0.1) is 6.92 Å². The van der Waals surface area contributed by atoms with E-state index in [2.05, 4.69) is 67.6 Å². The minimum atomic E-state index is -3.04. The number of hydrogen-bond acceptors (Lipinski definition) is 2.